The quantitative estimate of drug-likeness (QED) is 0.659. The SMILES string of the molecule is COCCNCC(=O)NCC1CCCCC1C. The summed E-state index contributed by atoms with van der Waals surface area (Å²) in [6.45, 7) is 4.90. The van der Waals surface area contributed by atoms with Gasteiger partial charge < -0.3 is 15.4 Å². The van der Waals surface area contributed by atoms with Gasteiger partial charge in [-0.3, -0.25) is 4.79 Å². The van der Waals surface area contributed by atoms with Crippen LogP contribution in [0.2, 0.25) is 0 Å². The van der Waals surface area contributed by atoms with Crippen LogP contribution in [0.25, 0.3) is 0 Å². The lowest BCUT2D eigenvalue weighted by atomic mass is 9.80. The molecule has 0 aromatic heterocycles. The molecular weight excluding hydrogens is 216 g/mol. The first-order chi connectivity index (χ1) is 8.24. The van der Waals surface area contributed by atoms with Crippen molar-refractivity contribution in [2.24, 2.45) is 11.8 Å². The van der Waals surface area contributed by atoms with E-state index in [1.807, 2.05) is 0 Å². The number of hydrogen-bond acceptors (Lipinski definition) is 3. The van der Waals surface area contributed by atoms with Crippen molar-refractivity contribution in [3.63, 3.8) is 0 Å². The fraction of sp³-hybridized carbons (Fsp3) is 0.923. The van der Waals surface area contributed by atoms with E-state index in [1.54, 1.807) is 7.11 Å². The van der Waals surface area contributed by atoms with Crippen LogP contribution >= 0.6 is 0 Å². The van der Waals surface area contributed by atoms with Gasteiger partial charge in [-0.05, 0) is 18.3 Å². The number of hydrogen-bond donors (Lipinski definition) is 2. The average Bonchev–Trinajstić information content (AvgIpc) is 2.34. The molecule has 1 fully saturated rings. The summed E-state index contributed by atoms with van der Waals surface area (Å²) >= 11 is 0. The van der Waals surface area contributed by atoms with Crippen molar-refractivity contribution in [1.82, 2.24) is 10.6 Å². The average molecular weight is 242 g/mol. The Bertz CT molecular complexity index is 221. The highest BCUT2D eigenvalue weighted by molar-refractivity contribution is 5.77. The molecule has 2 atom stereocenters. The monoisotopic (exact) mass is 242 g/mol. The third-order valence-corrected chi connectivity index (χ3v) is 3.62. The number of carbonyl (C=O) groups excluding carboxylic acids is 1. The normalized spacial score (nSPS) is 24.6. The lowest BCUT2D eigenvalue weighted by Gasteiger charge is -2.28. The van der Waals surface area contributed by atoms with Crippen LogP contribution in [0.5, 0.6) is 0 Å². The number of amides is 1. The van der Waals surface area contributed by atoms with Gasteiger partial charge in [0.25, 0.3) is 0 Å². The van der Waals surface area contributed by atoms with Crippen LogP contribution < -0.4 is 10.6 Å². The Balaban J connectivity index is 2.06. The van der Waals surface area contributed by atoms with E-state index in [0.717, 1.165) is 19.0 Å². The minimum atomic E-state index is 0.0962. The Labute approximate surface area is 104 Å². The zero-order chi connectivity index (χ0) is 12.5. The van der Waals surface area contributed by atoms with Crippen molar-refractivity contribution in [2.75, 3.05) is 33.4 Å². The molecule has 4 heteroatoms. The molecule has 2 N–H and O–H groups in total. The predicted octanol–water partition coefficient (Wildman–Crippen LogP) is 1.16. The highest BCUT2D eigenvalue weighted by atomic mass is 16.5. The molecule has 1 amide bonds. The molecule has 2 unspecified atom stereocenters. The molecule has 0 spiro atoms. The molecule has 4 nitrogen and oxygen atoms in total. The Morgan fingerprint density at radius 2 is 2.12 bits per heavy atom. The zero-order valence-corrected chi connectivity index (χ0v) is 11.1. The maximum absolute atomic E-state index is 11.5. The molecule has 1 aliphatic carbocycles. The van der Waals surface area contributed by atoms with Crippen molar-refractivity contribution in [2.45, 2.75) is 32.6 Å². The topological polar surface area (TPSA) is 50.4 Å². The van der Waals surface area contributed by atoms with Crippen molar-refractivity contribution >= 4 is 5.91 Å². The Hall–Kier alpha value is -0.610. The minimum Gasteiger partial charge on any atom is -0.383 e. The van der Waals surface area contributed by atoms with Crippen LogP contribution in [0.15, 0.2) is 0 Å². The van der Waals surface area contributed by atoms with E-state index in [4.69, 9.17) is 4.74 Å². The van der Waals surface area contributed by atoms with Gasteiger partial charge in [-0.2, -0.15) is 0 Å². The van der Waals surface area contributed by atoms with Gasteiger partial charge in [0.15, 0.2) is 0 Å². The molecule has 1 aliphatic rings. The third kappa shape index (κ3) is 6.03. The van der Waals surface area contributed by atoms with Gasteiger partial charge in [-0.15, -0.1) is 0 Å². The minimum absolute atomic E-state index is 0.0962. The number of nitrogens with one attached hydrogen (secondary N) is 2. The Kier molecular flexibility index (Phi) is 7.21. The standard InChI is InChI=1S/C13H26N2O2/c1-11-5-3-4-6-12(11)9-15-13(16)10-14-7-8-17-2/h11-12,14H,3-10H2,1-2H3,(H,15,16). The number of rotatable bonds is 7. The zero-order valence-electron chi connectivity index (χ0n) is 11.1. The molecule has 0 saturated heterocycles. The van der Waals surface area contributed by atoms with E-state index in [-0.39, 0.29) is 5.91 Å². The molecule has 0 aromatic rings. The molecule has 0 bridgehead atoms. The second-order valence-corrected chi connectivity index (χ2v) is 5.00. The summed E-state index contributed by atoms with van der Waals surface area (Å²) < 4.78 is 4.90. The molecule has 1 rings (SSSR count). The fourth-order valence-corrected chi connectivity index (χ4v) is 2.38. The Morgan fingerprint density at radius 1 is 1.35 bits per heavy atom. The van der Waals surface area contributed by atoms with Crippen LogP contribution in [0, 0.1) is 11.8 Å². The van der Waals surface area contributed by atoms with E-state index in [9.17, 15) is 4.79 Å². The first-order valence-corrected chi connectivity index (χ1v) is 6.70. The molecule has 100 valence electrons. The maximum atomic E-state index is 11.5. The number of methoxy groups -OCH3 is 1. The molecule has 0 radical (unpaired) electrons. The lowest BCUT2D eigenvalue weighted by molar-refractivity contribution is -0.120. The number of ether oxygens (including phenoxy) is 1. The summed E-state index contributed by atoms with van der Waals surface area (Å²) in [7, 11) is 1.66. The van der Waals surface area contributed by atoms with E-state index >= 15 is 0 Å². The molecule has 0 heterocycles. The third-order valence-electron chi connectivity index (χ3n) is 3.62. The van der Waals surface area contributed by atoms with Gasteiger partial charge in [-0.25, -0.2) is 0 Å². The first kappa shape index (κ1) is 14.5. The summed E-state index contributed by atoms with van der Waals surface area (Å²) in [5, 5.41) is 6.07. The number of carbonyl (C=O) groups is 1. The van der Waals surface area contributed by atoms with Crippen molar-refractivity contribution in [3.8, 4) is 0 Å². The van der Waals surface area contributed by atoms with Gasteiger partial charge in [0.05, 0.1) is 13.2 Å². The fourth-order valence-electron chi connectivity index (χ4n) is 2.38. The van der Waals surface area contributed by atoms with Gasteiger partial charge in [-0.1, -0.05) is 26.2 Å². The second-order valence-electron chi connectivity index (χ2n) is 5.00. The smallest absolute Gasteiger partial charge is 0.233 e. The van der Waals surface area contributed by atoms with E-state index < -0.39 is 0 Å². The van der Waals surface area contributed by atoms with Gasteiger partial charge in [0.1, 0.15) is 0 Å². The van der Waals surface area contributed by atoms with Gasteiger partial charge in [0, 0.05) is 20.2 Å². The predicted molar refractivity (Wildman–Crippen MR) is 68.9 cm³/mol. The molecule has 17 heavy (non-hydrogen) atoms. The largest absolute Gasteiger partial charge is 0.383 e. The molecule has 1 saturated carbocycles. The van der Waals surface area contributed by atoms with Crippen molar-refractivity contribution < 1.29 is 9.53 Å². The molecule has 0 aromatic carbocycles. The summed E-state index contributed by atoms with van der Waals surface area (Å²) in [5.74, 6) is 1.52. The first-order valence-electron chi connectivity index (χ1n) is 6.70. The Morgan fingerprint density at radius 3 is 2.82 bits per heavy atom. The lowest BCUT2D eigenvalue weighted by Crippen LogP contribution is -2.39. The summed E-state index contributed by atoms with van der Waals surface area (Å²) in [6, 6.07) is 0. The van der Waals surface area contributed by atoms with Crippen molar-refractivity contribution in [3.05, 3.63) is 0 Å². The highest BCUT2D eigenvalue weighted by Crippen LogP contribution is 2.28. The van der Waals surface area contributed by atoms with E-state index in [1.165, 1.54) is 25.7 Å². The summed E-state index contributed by atoms with van der Waals surface area (Å²) in [4.78, 5) is 11.5. The van der Waals surface area contributed by atoms with Crippen LogP contribution in [-0.4, -0.2) is 39.3 Å². The van der Waals surface area contributed by atoms with Crippen LogP contribution in [0.3, 0.4) is 0 Å². The van der Waals surface area contributed by atoms with Crippen molar-refractivity contribution in [1.29, 1.82) is 0 Å². The van der Waals surface area contributed by atoms with Crippen LogP contribution in [0.4, 0.5) is 0 Å². The van der Waals surface area contributed by atoms with E-state index in [2.05, 4.69) is 17.6 Å². The summed E-state index contributed by atoms with van der Waals surface area (Å²) in [5.41, 5.74) is 0. The van der Waals surface area contributed by atoms with E-state index in [0.29, 0.717) is 19.1 Å². The highest BCUT2D eigenvalue weighted by Gasteiger charge is 2.21. The van der Waals surface area contributed by atoms with Gasteiger partial charge >= 0.3 is 0 Å². The molecular formula is C13H26N2O2. The van der Waals surface area contributed by atoms with Crippen LogP contribution in [-0.2, 0) is 9.53 Å². The summed E-state index contributed by atoms with van der Waals surface area (Å²) in [6.07, 6.45) is 5.24. The van der Waals surface area contributed by atoms with Gasteiger partial charge in [0.2, 0.25) is 5.91 Å². The second kappa shape index (κ2) is 8.48. The maximum Gasteiger partial charge on any atom is 0.233 e. The van der Waals surface area contributed by atoms with Crippen LogP contribution in [0.1, 0.15) is 32.6 Å². The molecule has 0 aliphatic heterocycles.